The monoisotopic (exact) mass is 252 g/mol. The molecule has 1 unspecified atom stereocenters. The highest BCUT2D eigenvalue weighted by Gasteiger charge is 2.21. The van der Waals surface area contributed by atoms with Gasteiger partial charge in [-0.2, -0.15) is 0 Å². The van der Waals surface area contributed by atoms with Gasteiger partial charge in [-0.15, -0.1) is 0 Å². The molecule has 0 bridgehead atoms. The molecule has 1 aliphatic rings. The van der Waals surface area contributed by atoms with Crippen molar-refractivity contribution in [3.63, 3.8) is 0 Å². The van der Waals surface area contributed by atoms with Crippen LogP contribution in [-0.2, 0) is 4.74 Å². The Morgan fingerprint density at radius 1 is 1.72 bits per heavy atom. The molecule has 2 heterocycles. The van der Waals surface area contributed by atoms with Crippen LogP contribution in [0.25, 0.3) is 0 Å². The third-order valence-electron chi connectivity index (χ3n) is 2.99. The van der Waals surface area contributed by atoms with Gasteiger partial charge in [0, 0.05) is 25.2 Å². The smallest absolute Gasteiger partial charge is 0.290 e. The summed E-state index contributed by atoms with van der Waals surface area (Å²) < 4.78 is 5.47. The molecule has 0 aromatic carbocycles. The van der Waals surface area contributed by atoms with Gasteiger partial charge in [0.15, 0.2) is 0 Å². The summed E-state index contributed by atoms with van der Waals surface area (Å²) in [6, 6.07) is 1.73. The molecule has 98 valence electrons. The number of rotatable bonds is 3. The lowest BCUT2D eigenvalue weighted by molar-refractivity contribution is -0.385. The molecule has 1 fully saturated rings. The van der Waals surface area contributed by atoms with Crippen LogP contribution in [0.5, 0.6) is 0 Å². The summed E-state index contributed by atoms with van der Waals surface area (Å²) in [7, 11) is 0. The first-order chi connectivity index (χ1) is 8.61. The van der Waals surface area contributed by atoms with Gasteiger partial charge in [-0.25, -0.2) is 4.98 Å². The van der Waals surface area contributed by atoms with Crippen LogP contribution in [0.15, 0.2) is 12.3 Å². The number of nitrogens with zero attached hydrogens (tertiary/aromatic N) is 3. The highest BCUT2D eigenvalue weighted by atomic mass is 16.6. The van der Waals surface area contributed by atoms with Crippen molar-refractivity contribution < 1.29 is 9.66 Å². The maximum absolute atomic E-state index is 10.7. The third kappa shape index (κ3) is 2.57. The Kier molecular flexibility index (Phi) is 3.73. The first-order valence-corrected chi connectivity index (χ1v) is 5.79. The number of hydrogen-bond donors (Lipinski definition) is 1. The van der Waals surface area contributed by atoms with Gasteiger partial charge in [0.1, 0.15) is 12.0 Å². The zero-order chi connectivity index (χ0) is 13.1. The molecule has 1 aliphatic heterocycles. The minimum Gasteiger partial charge on any atom is -0.373 e. The number of pyridine rings is 1. The summed E-state index contributed by atoms with van der Waals surface area (Å²) in [5.41, 5.74) is 6.23. The van der Waals surface area contributed by atoms with Crippen LogP contribution >= 0.6 is 0 Å². The van der Waals surface area contributed by atoms with E-state index in [9.17, 15) is 10.1 Å². The van der Waals surface area contributed by atoms with Gasteiger partial charge in [-0.1, -0.05) is 0 Å². The van der Waals surface area contributed by atoms with E-state index >= 15 is 0 Å². The van der Waals surface area contributed by atoms with Gasteiger partial charge < -0.3 is 15.4 Å². The largest absolute Gasteiger partial charge is 0.373 e. The number of hydrogen-bond acceptors (Lipinski definition) is 6. The molecule has 2 N–H and O–H groups in total. The lowest BCUT2D eigenvalue weighted by Crippen LogP contribution is -2.46. The van der Waals surface area contributed by atoms with Crippen LogP contribution in [0.2, 0.25) is 0 Å². The number of aromatic nitrogens is 1. The van der Waals surface area contributed by atoms with Crippen LogP contribution in [0.3, 0.4) is 0 Å². The lowest BCUT2D eigenvalue weighted by atomic mass is 10.2. The Bertz CT molecular complexity index is 452. The Morgan fingerprint density at radius 2 is 2.50 bits per heavy atom. The fourth-order valence-corrected chi connectivity index (χ4v) is 1.97. The maximum Gasteiger partial charge on any atom is 0.290 e. The highest BCUT2D eigenvalue weighted by molar-refractivity contribution is 5.48. The van der Waals surface area contributed by atoms with Crippen molar-refractivity contribution >= 4 is 11.5 Å². The number of nitrogens with two attached hydrogens (primary N) is 1. The zero-order valence-corrected chi connectivity index (χ0v) is 10.2. The molecule has 1 aromatic heterocycles. The summed E-state index contributed by atoms with van der Waals surface area (Å²) in [5.74, 6) is 0.736. The number of anilines is 1. The van der Waals surface area contributed by atoms with E-state index in [-0.39, 0.29) is 11.8 Å². The molecule has 1 atom stereocenters. The molecule has 0 radical (unpaired) electrons. The van der Waals surface area contributed by atoms with E-state index in [4.69, 9.17) is 10.5 Å². The van der Waals surface area contributed by atoms with E-state index in [0.29, 0.717) is 25.3 Å². The van der Waals surface area contributed by atoms with Crippen LogP contribution < -0.4 is 10.6 Å². The average Bonchev–Trinajstić information content (AvgIpc) is 2.38. The van der Waals surface area contributed by atoms with Gasteiger partial charge in [-0.05, 0) is 13.0 Å². The van der Waals surface area contributed by atoms with Crippen molar-refractivity contribution in [2.45, 2.75) is 13.0 Å². The van der Waals surface area contributed by atoms with Gasteiger partial charge in [0.2, 0.25) is 0 Å². The molecule has 18 heavy (non-hydrogen) atoms. The molecule has 1 aromatic rings. The Balaban J connectivity index is 2.18. The Labute approximate surface area is 105 Å². The molecular formula is C11H16N4O3. The molecule has 0 amide bonds. The van der Waals surface area contributed by atoms with Crippen molar-refractivity contribution in [3.8, 4) is 0 Å². The van der Waals surface area contributed by atoms with Crippen LogP contribution in [0.4, 0.5) is 11.5 Å². The third-order valence-corrected chi connectivity index (χ3v) is 2.99. The number of aryl methyl sites for hydroxylation is 1. The van der Waals surface area contributed by atoms with E-state index in [1.807, 2.05) is 4.90 Å². The van der Waals surface area contributed by atoms with Crippen molar-refractivity contribution in [1.82, 2.24) is 4.98 Å². The van der Waals surface area contributed by atoms with Gasteiger partial charge in [-0.3, -0.25) is 10.1 Å². The first kappa shape index (κ1) is 12.7. The van der Waals surface area contributed by atoms with Crippen molar-refractivity contribution in [2.75, 3.05) is 31.1 Å². The van der Waals surface area contributed by atoms with E-state index in [1.165, 1.54) is 6.20 Å². The second kappa shape index (κ2) is 5.28. The van der Waals surface area contributed by atoms with Gasteiger partial charge in [0.05, 0.1) is 17.6 Å². The second-order valence-corrected chi connectivity index (χ2v) is 4.26. The molecule has 7 heteroatoms. The topological polar surface area (TPSA) is 94.5 Å². The maximum atomic E-state index is 10.7. The molecule has 2 rings (SSSR count). The quantitative estimate of drug-likeness (QED) is 0.620. The molecule has 0 saturated carbocycles. The molecule has 7 nitrogen and oxygen atoms in total. The minimum absolute atomic E-state index is 0.00366. The second-order valence-electron chi connectivity index (χ2n) is 4.26. The summed E-state index contributed by atoms with van der Waals surface area (Å²) in [6.45, 7) is 4.16. The fourth-order valence-electron chi connectivity index (χ4n) is 1.97. The number of ether oxygens (including phenoxy) is 1. The van der Waals surface area contributed by atoms with Gasteiger partial charge >= 0.3 is 0 Å². The lowest BCUT2D eigenvalue weighted by Gasteiger charge is -2.33. The average molecular weight is 252 g/mol. The van der Waals surface area contributed by atoms with Crippen LogP contribution in [0.1, 0.15) is 5.56 Å². The van der Waals surface area contributed by atoms with Crippen molar-refractivity contribution in [3.05, 3.63) is 27.9 Å². The van der Waals surface area contributed by atoms with Crippen LogP contribution in [-0.4, -0.2) is 42.3 Å². The van der Waals surface area contributed by atoms with Gasteiger partial charge in [0.25, 0.3) is 5.69 Å². The number of morpholine rings is 1. The van der Waals surface area contributed by atoms with Crippen LogP contribution in [0, 0.1) is 17.0 Å². The fraction of sp³-hybridized carbons (Fsp3) is 0.545. The van der Waals surface area contributed by atoms with E-state index in [1.54, 1.807) is 13.0 Å². The molecule has 0 spiro atoms. The summed E-state index contributed by atoms with van der Waals surface area (Å²) in [5, 5.41) is 10.7. The Hall–Kier alpha value is -1.73. The van der Waals surface area contributed by atoms with E-state index in [0.717, 1.165) is 12.4 Å². The summed E-state index contributed by atoms with van der Waals surface area (Å²) >= 11 is 0. The first-order valence-electron chi connectivity index (χ1n) is 5.79. The highest BCUT2D eigenvalue weighted by Crippen LogP contribution is 2.22. The predicted molar refractivity (Wildman–Crippen MR) is 66.6 cm³/mol. The molecular weight excluding hydrogens is 236 g/mol. The normalized spacial score (nSPS) is 19.9. The number of nitro groups is 1. The van der Waals surface area contributed by atoms with E-state index in [2.05, 4.69) is 4.98 Å². The zero-order valence-electron chi connectivity index (χ0n) is 10.2. The minimum atomic E-state index is -0.423. The summed E-state index contributed by atoms with van der Waals surface area (Å²) in [6.07, 6.45) is 1.30. The Morgan fingerprint density at radius 3 is 3.11 bits per heavy atom. The SMILES string of the molecule is Cc1cc(N2CCOC(CN)C2)ncc1[N+](=O)[O-]. The van der Waals surface area contributed by atoms with E-state index < -0.39 is 4.92 Å². The molecule has 1 saturated heterocycles. The summed E-state index contributed by atoms with van der Waals surface area (Å²) in [4.78, 5) is 16.5. The van der Waals surface area contributed by atoms with Crippen molar-refractivity contribution in [1.29, 1.82) is 0 Å². The molecule has 0 aliphatic carbocycles. The predicted octanol–water partition coefficient (Wildman–Crippen LogP) is 0.462. The van der Waals surface area contributed by atoms with Crippen molar-refractivity contribution in [2.24, 2.45) is 5.73 Å². The standard InChI is InChI=1S/C11H16N4O3/c1-8-4-11(13-6-10(8)15(16)17)14-2-3-18-9(5-12)7-14/h4,6,9H,2-3,5,7,12H2,1H3.